The molecule has 156 valence electrons. The first-order chi connectivity index (χ1) is 15.1. The lowest BCUT2D eigenvalue weighted by atomic mass is 9.98. The molecule has 1 atom stereocenters. The van der Waals surface area contributed by atoms with Gasteiger partial charge in [0.25, 0.3) is 0 Å². The van der Waals surface area contributed by atoms with Crippen LogP contribution in [0, 0.1) is 0 Å². The number of hydrogen-bond acceptors (Lipinski definition) is 4. The molecule has 0 aliphatic rings. The third-order valence-corrected chi connectivity index (χ3v) is 5.04. The van der Waals surface area contributed by atoms with Gasteiger partial charge in [0, 0.05) is 23.1 Å². The molecule has 2 heterocycles. The molecule has 0 aliphatic heterocycles. The molecule has 31 heavy (non-hydrogen) atoms. The number of nitrogens with one attached hydrogen (secondary N) is 2. The smallest absolute Gasteiger partial charge is 0.320 e. The summed E-state index contributed by atoms with van der Waals surface area (Å²) in [4.78, 5) is 21.3. The van der Waals surface area contributed by atoms with Gasteiger partial charge < -0.3 is 10.4 Å². The van der Waals surface area contributed by atoms with Crippen LogP contribution in [-0.2, 0) is 0 Å². The van der Waals surface area contributed by atoms with Crippen LogP contribution in [0.4, 0.5) is 10.6 Å². The molecular formula is C25H24N4O2. The van der Waals surface area contributed by atoms with E-state index in [0.717, 1.165) is 33.3 Å². The quantitative estimate of drug-likeness (QED) is 0.422. The van der Waals surface area contributed by atoms with E-state index in [4.69, 9.17) is 4.98 Å². The Morgan fingerprint density at radius 3 is 2.35 bits per heavy atom. The molecule has 0 spiro atoms. The summed E-state index contributed by atoms with van der Waals surface area (Å²) in [5, 5.41) is 15.8. The monoisotopic (exact) mass is 412 g/mol. The zero-order valence-corrected chi connectivity index (χ0v) is 17.2. The van der Waals surface area contributed by atoms with Gasteiger partial charge in [-0.2, -0.15) is 0 Å². The van der Waals surface area contributed by atoms with Crippen LogP contribution in [0.15, 0.2) is 79.0 Å². The number of fused-ring (bicyclic) bond motifs is 1. The third kappa shape index (κ3) is 4.87. The summed E-state index contributed by atoms with van der Waals surface area (Å²) in [7, 11) is 0. The third-order valence-electron chi connectivity index (χ3n) is 5.04. The number of amides is 2. The van der Waals surface area contributed by atoms with Crippen molar-refractivity contribution in [2.24, 2.45) is 0 Å². The van der Waals surface area contributed by atoms with Crippen molar-refractivity contribution in [2.75, 3.05) is 11.9 Å². The molecule has 2 aromatic heterocycles. The van der Waals surface area contributed by atoms with E-state index in [9.17, 15) is 9.90 Å². The fourth-order valence-electron chi connectivity index (χ4n) is 3.31. The van der Waals surface area contributed by atoms with Crippen LogP contribution in [0.2, 0.25) is 0 Å². The minimum atomic E-state index is -0.565. The number of urea groups is 1. The minimum absolute atomic E-state index is 0.191. The number of aromatic nitrogens is 2. The summed E-state index contributed by atoms with van der Waals surface area (Å²) in [6.45, 7) is 2.05. The van der Waals surface area contributed by atoms with E-state index in [1.807, 2.05) is 55.5 Å². The number of carbonyl (C=O) groups excluding carboxylic acids is 1. The first kappa shape index (κ1) is 20.5. The molecule has 0 saturated carbocycles. The van der Waals surface area contributed by atoms with Crippen molar-refractivity contribution in [1.29, 1.82) is 0 Å². The number of aliphatic hydroxyl groups is 1. The second-order valence-electron chi connectivity index (χ2n) is 7.28. The van der Waals surface area contributed by atoms with E-state index in [-0.39, 0.29) is 6.54 Å². The van der Waals surface area contributed by atoms with Gasteiger partial charge in [-0.15, -0.1) is 0 Å². The molecule has 0 saturated heterocycles. The molecule has 6 heteroatoms. The number of pyridine rings is 2. The van der Waals surface area contributed by atoms with Crippen molar-refractivity contribution >= 4 is 22.8 Å². The molecule has 0 fully saturated rings. The summed E-state index contributed by atoms with van der Waals surface area (Å²) in [5.41, 5.74) is 4.72. The van der Waals surface area contributed by atoms with Crippen LogP contribution in [0.5, 0.6) is 0 Å². The van der Waals surface area contributed by atoms with Crippen LogP contribution >= 0.6 is 0 Å². The van der Waals surface area contributed by atoms with Gasteiger partial charge in [-0.25, -0.2) is 14.8 Å². The maximum Gasteiger partial charge on any atom is 0.320 e. The Morgan fingerprint density at radius 2 is 1.68 bits per heavy atom. The molecular weight excluding hydrogens is 388 g/mol. The summed E-state index contributed by atoms with van der Waals surface area (Å²) in [6.07, 6.45) is 1.67. The van der Waals surface area contributed by atoms with Crippen LogP contribution in [0.25, 0.3) is 33.3 Å². The Balaban J connectivity index is 1.70. The maximum absolute atomic E-state index is 12.1. The molecule has 0 bridgehead atoms. The van der Waals surface area contributed by atoms with E-state index < -0.39 is 12.1 Å². The Hall–Kier alpha value is -3.77. The van der Waals surface area contributed by atoms with Crippen molar-refractivity contribution < 1.29 is 9.90 Å². The van der Waals surface area contributed by atoms with Crippen molar-refractivity contribution in [1.82, 2.24) is 15.3 Å². The number of anilines is 1. The number of nitrogens with zero attached hydrogens (tertiary/aromatic N) is 2. The van der Waals surface area contributed by atoms with Crippen LogP contribution < -0.4 is 10.6 Å². The molecule has 0 radical (unpaired) electrons. The number of aliphatic hydroxyl groups excluding tert-OH is 1. The molecule has 3 N–H and O–H groups in total. The van der Waals surface area contributed by atoms with Crippen molar-refractivity contribution in [3.63, 3.8) is 0 Å². The average Bonchev–Trinajstić information content (AvgIpc) is 2.82. The highest BCUT2D eigenvalue weighted by Gasteiger charge is 2.13. The second-order valence-corrected chi connectivity index (χ2v) is 7.28. The van der Waals surface area contributed by atoms with Gasteiger partial charge >= 0.3 is 6.03 Å². The minimum Gasteiger partial charge on any atom is -0.391 e. The standard InChI is InChI=1S/C25H24N4O2/c1-2-20(30)15-27-25(31)29-23-14-19-13-21(17-9-5-3-6-10-17)24(28-22(19)16-26-23)18-11-7-4-8-12-18/h3-14,16,20,30H,2,15H2,1H3,(H2,26,27,29,31). The van der Waals surface area contributed by atoms with Crippen LogP contribution in [0.3, 0.4) is 0 Å². The lowest BCUT2D eigenvalue weighted by molar-refractivity contribution is 0.168. The predicted molar refractivity (Wildman–Crippen MR) is 124 cm³/mol. The Labute approximate surface area is 181 Å². The van der Waals surface area contributed by atoms with E-state index in [2.05, 4.69) is 33.8 Å². The van der Waals surface area contributed by atoms with Gasteiger partial charge in [0.05, 0.1) is 23.5 Å². The molecule has 4 rings (SSSR count). The normalized spacial score (nSPS) is 11.8. The van der Waals surface area contributed by atoms with Crippen molar-refractivity contribution in [2.45, 2.75) is 19.4 Å². The first-order valence-corrected chi connectivity index (χ1v) is 10.3. The number of hydrogen-bond donors (Lipinski definition) is 3. The van der Waals surface area contributed by atoms with E-state index in [0.29, 0.717) is 12.2 Å². The van der Waals surface area contributed by atoms with Gasteiger partial charge in [0.2, 0.25) is 0 Å². The molecule has 2 aromatic carbocycles. The predicted octanol–water partition coefficient (Wildman–Crippen LogP) is 4.86. The zero-order valence-electron chi connectivity index (χ0n) is 17.2. The highest BCUT2D eigenvalue weighted by molar-refractivity contribution is 5.94. The Kier molecular flexibility index (Phi) is 6.19. The maximum atomic E-state index is 12.1. The van der Waals surface area contributed by atoms with Gasteiger partial charge in [-0.05, 0) is 24.1 Å². The molecule has 1 unspecified atom stereocenters. The summed E-state index contributed by atoms with van der Waals surface area (Å²) in [6, 6.07) is 23.6. The van der Waals surface area contributed by atoms with Crippen LogP contribution in [0.1, 0.15) is 13.3 Å². The SMILES string of the molecule is CCC(O)CNC(=O)Nc1cc2cc(-c3ccccc3)c(-c3ccccc3)nc2cn1. The van der Waals surface area contributed by atoms with Crippen molar-refractivity contribution in [3.8, 4) is 22.4 Å². The topological polar surface area (TPSA) is 87.1 Å². The Morgan fingerprint density at radius 1 is 1.00 bits per heavy atom. The van der Waals surface area contributed by atoms with E-state index >= 15 is 0 Å². The van der Waals surface area contributed by atoms with Gasteiger partial charge in [-0.1, -0.05) is 67.6 Å². The van der Waals surface area contributed by atoms with Crippen LogP contribution in [-0.4, -0.2) is 33.8 Å². The number of rotatable bonds is 6. The fraction of sp³-hybridized carbons (Fsp3) is 0.160. The zero-order chi connectivity index (χ0) is 21.6. The highest BCUT2D eigenvalue weighted by atomic mass is 16.3. The summed E-state index contributed by atoms with van der Waals surface area (Å²) < 4.78 is 0. The Bertz CT molecular complexity index is 1180. The highest BCUT2D eigenvalue weighted by Crippen LogP contribution is 2.33. The summed E-state index contributed by atoms with van der Waals surface area (Å²) >= 11 is 0. The number of benzene rings is 2. The van der Waals surface area contributed by atoms with E-state index in [1.165, 1.54) is 0 Å². The molecule has 4 aromatic rings. The lowest BCUT2D eigenvalue weighted by Gasteiger charge is -2.13. The second kappa shape index (κ2) is 9.36. The fourth-order valence-corrected chi connectivity index (χ4v) is 3.31. The van der Waals surface area contributed by atoms with Crippen molar-refractivity contribution in [3.05, 3.63) is 79.0 Å². The van der Waals surface area contributed by atoms with E-state index in [1.54, 1.807) is 12.3 Å². The molecule has 2 amide bonds. The van der Waals surface area contributed by atoms with Gasteiger partial charge in [0.1, 0.15) is 5.82 Å². The average molecular weight is 412 g/mol. The first-order valence-electron chi connectivity index (χ1n) is 10.3. The summed E-state index contributed by atoms with van der Waals surface area (Å²) in [5.74, 6) is 0.421. The van der Waals surface area contributed by atoms with Gasteiger partial charge in [-0.3, -0.25) is 5.32 Å². The molecule has 6 nitrogen and oxygen atoms in total. The lowest BCUT2D eigenvalue weighted by Crippen LogP contribution is -2.35. The number of carbonyl (C=O) groups is 1. The molecule has 0 aliphatic carbocycles. The largest absolute Gasteiger partial charge is 0.391 e. The van der Waals surface area contributed by atoms with Gasteiger partial charge in [0.15, 0.2) is 0 Å².